The standard InChI is InChI=1S/C28H26N2O7/c1-29-19-12-8-6-10-17(19)27(25(29)31)28(18-11-7-9-13-20(18)30(2)26(28)32)37-24(36-27)16-14-21(33-3)23(35-5)22(15-16)34-4/h6-15,24H,1-5H3/t27-,28-/m1/s1. The number of nitrogens with zero attached hydrogens (tertiary/aromatic N) is 2. The molecule has 2 spiro atoms. The van der Waals surface area contributed by atoms with Gasteiger partial charge in [0.1, 0.15) is 0 Å². The van der Waals surface area contributed by atoms with E-state index in [-0.39, 0.29) is 11.8 Å². The maximum Gasteiger partial charge on any atom is 0.267 e. The van der Waals surface area contributed by atoms with E-state index in [1.807, 2.05) is 48.5 Å². The van der Waals surface area contributed by atoms with Crippen LogP contribution >= 0.6 is 0 Å². The quantitative estimate of drug-likeness (QED) is 0.540. The molecule has 3 aliphatic rings. The van der Waals surface area contributed by atoms with Gasteiger partial charge >= 0.3 is 0 Å². The molecule has 3 aromatic carbocycles. The minimum absolute atomic E-state index is 0.387. The van der Waals surface area contributed by atoms with E-state index >= 15 is 0 Å². The molecule has 37 heavy (non-hydrogen) atoms. The summed E-state index contributed by atoms with van der Waals surface area (Å²) in [7, 11) is 7.89. The minimum Gasteiger partial charge on any atom is -0.493 e. The van der Waals surface area contributed by atoms with Crippen molar-refractivity contribution in [3.63, 3.8) is 0 Å². The molecule has 9 nitrogen and oxygen atoms in total. The first-order valence-electron chi connectivity index (χ1n) is 11.8. The largest absolute Gasteiger partial charge is 0.493 e. The third-order valence-corrected chi connectivity index (χ3v) is 7.52. The molecule has 2 atom stereocenters. The predicted molar refractivity (Wildman–Crippen MR) is 134 cm³/mol. The van der Waals surface area contributed by atoms with Crippen molar-refractivity contribution in [2.24, 2.45) is 0 Å². The van der Waals surface area contributed by atoms with Crippen LogP contribution in [-0.4, -0.2) is 47.2 Å². The molecule has 3 aliphatic heterocycles. The van der Waals surface area contributed by atoms with Gasteiger partial charge in [-0.2, -0.15) is 0 Å². The van der Waals surface area contributed by atoms with Crippen LogP contribution in [0.2, 0.25) is 0 Å². The highest BCUT2D eigenvalue weighted by molar-refractivity contribution is 6.17. The van der Waals surface area contributed by atoms with E-state index in [9.17, 15) is 9.59 Å². The van der Waals surface area contributed by atoms with Crippen LogP contribution in [-0.2, 0) is 30.3 Å². The number of anilines is 2. The molecule has 0 aliphatic carbocycles. The Labute approximate surface area is 214 Å². The molecule has 6 rings (SSSR count). The summed E-state index contributed by atoms with van der Waals surface area (Å²) < 4.78 is 29.9. The van der Waals surface area contributed by atoms with Gasteiger partial charge in [0.25, 0.3) is 11.8 Å². The van der Waals surface area contributed by atoms with Gasteiger partial charge in [0.05, 0.1) is 32.7 Å². The number of ether oxygens (including phenoxy) is 5. The number of benzene rings is 3. The molecule has 190 valence electrons. The minimum atomic E-state index is -1.76. The lowest BCUT2D eigenvalue weighted by atomic mass is 9.74. The van der Waals surface area contributed by atoms with Crippen molar-refractivity contribution in [1.29, 1.82) is 0 Å². The molecule has 3 aromatic rings. The zero-order valence-electron chi connectivity index (χ0n) is 21.1. The van der Waals surface area contributed by atoms with E-state index in [4.69, 9.17) is 23.7 Å². The van der Waals surface area contributed by atoms with Crippen LogP contribution in [0.3, 0.4) is 0 Å². The lowest BCUT2D eigenvalue weighted by Crippen LogP contribution is -2.57. The van der Waals surface area contributed by atoms with Crippen molar-refractivity contribution in [2.75, 3.05) is 45.2 Å². The van der Waals surface area contributed by atoms with E-state index in [0.717, 1.165) is 0 Å². The van der Waals surface area contributed by atoms with Gasteiger partial charge in [0.15, 0.2) is 17.8 Å². The van der Waals surface area contributed by atoms with Gasteiger partial charge in [-0.1, -0.05) is 36.4 Å². The zero-order chi connectivity index (χ0) is 26.1. The van der Waals surface area contributed by atoms with Crippen LogP contribution < -0.4 is 24.0 Å². The Kier molecular flexibility index (Phi) is 5.02. The highest BCUT2D eigenvalue weighted by atomic mass is 16.8. The molecule has 9 heteroatoms. The summed E-state index contributed by atoms with van der Waals surface area (Å²) in [6.07, 6.45) is -1.11. The van der Waals surface area contributed by atoms with E-state index in [1.165, 1.54) is 31.1 Å². The lowest BCUT2D eigenvalue weighted by molar-refractivity contribution is -0.156. The van der Waals surface area contributed by atoms with Crippen molar-refractivity contribution in [3.8, 4) is 17.2 Å². The van der Waals surface area contributed by atoms with Gasteiger partial charge in [-0.3, -0.25) is 9.59 Å². The summed E-state index contributed by atoms with van der Waals surface area (Å²) in [4.78, 5) is 31.5. The average Bonchev–Trinajstić information content (AvgIpc) is 3.49. The molecule has 1 fully saturated rings. The average molecular weight is 503 g/mol. The van der Waals surface area contributed by atoms with Gasteiger partial charge in [0.2, 0.25) is 17.0 Å². The normalized spacial score (nSPS) is 24.2. The highest BCUT2D eigenvalue weighted by Crippen LogP contribution is 2.65. The molecule has 2 amide bonds. The van der Waals surface area contributed by atoms with Crippen LogP contribution in [0.4, 0.5) is 11.4 Å². The fourth-order valence-corrected chi connectivity index (χ4v) is 5.84. The Morgan fingerprint density at radius 1 is 0.703 bits per heavy atom. The van der Waals surface area contributed by atoms with Crippen molar-refractivity contribution in [3.05, 3.63) is 77.4 Å². The second-order valence-corrected chi connectivity index (χ2v) is 9.15. The second-order valence-electron chi connectivity index (χ2n) is 9.15. The molecular weight excluding hydrogens is 476 g/mol. The number of carbonyl (C=O) groups is 2. The SMILES string of the molecule is COc1cc(C2O[C@]3(C(=O)N(C)c4ccccc43)[C@]3(O2)C(=O)N(C)c2ccccc23)cc(OC)c1OC. The van der Waals surface area contributed by atoms with Crippen LogP contribution in [0.15, 0.2) is 60.7 Å². The van der Waals surface area contributed by atoms with E-state index < -0.39 is 17.5 Å². The first kappa shape index (κ1) is 23.3. The summed E-state index contributed by atoms with van der Waals surface area (Å²) in [5.74, 6) is 0.415. The number of amides is 2. The topological polar surface area (TPSA) is 86.8 Å². The molecule has 3 heterocycles. The number of likely N-dealkylation sites (N-methyl/N-ethyl adjacent to an activating group) is 2. The van der Waals surface area contributed by atoms with E-state index in [1.54, 1.807) is 26.2 Å². The first-order chi connectivity index (χ1) is 17.8. The number of carbonyl (C=O) groups excluding carboxylic acids is 2. The molecule has 0 unspecified atom stereocenters. The molecule has 1 saturated heterocycles. The summed E-state index contributed by atoms with van der Waals surface area (Å²) in [5, 5.41) is 0. The van der Waals surface area contributed by atoms with Crippen LogP contribution in [0.1, 0.15) is 23.0 Å². The first-order valence-corrected chi connectivity index (χ1v) is 11.8. The number of rotatable bonds is 4. The molecule has 0 bridgehead atoms. The van der Waals surface area contributed by atoms with Gasteiger partial charge < -0.3 is 33.5 Å². The summed E-state index contributed by atoms with van der Waals surface area (Å²) in [6.45, 7) is 0. The highest BCUT2D eigenvalue weighted by Gasteiger charge is 2.77. The second kappa shape index (κ2) is 7.96. The lowest BCUT2D eigenvalue weighted by Gasteiger charge is -2.34. The third kappa shape index (κ3) is 2.70. The third-order valence-electron chi connectivity index (χ3n) is 7.52. The van der Waals surface area contributed by atoms with E-state index in [2.05, 4.69) is 0 Å². The van der Waals surface area contributed by atoms with Crippen molar-refractivity contribution in [2.45, 2.75) is 17.5 Å². The number of hydrogen-bond donors (Lipinski definition) is 0. The molecule has 0 saturated carbocycles. The van der Waals surface area contributed by atoms with Crippen molar-refractivity contribution < 1.29 is 33.3 Å². The maximum atomic E-state index is 14.2. The zero-order valence-corrected chi connectivity index (χ0v) is 21.1. The van der Waals surface area contributed by atoms with Crippen LogP contribution in [0, 0.1) is 0 Å². The Bertz CT molecular complexity index is 1350. The maximum absolute atomic E-state index is 14.2. The van der Waals surface area contributed by atoms with Gasteiger partial charge in [-0.05, 0) is 24.3 Å². The van der Waals surface area contributed by atoms with Gasteiger partial charge in [0, 0.05) is 30.8 Å². The van der Waals surface area contributed by atoms with Crippen LogP contribution in [0.25, 0.3) is 0 Å². The fraction of sp³-hybridized carbons (Fsp3) is 0.286. The van der Waals surface area contributed by atoms with Crippen molar-refractivity contribution in [1.82, 2.24) is 0 Å². The molecule has 0 radical (unpaired) electrons. The van der Waals surface area contributed by atoms with Crippen LogP contribution in [0.5, 0.6) is 17.2 Å². The Morgan fingerprint density at radius 2 is 1.14 bits per heavy atom. The number of fused-ring (bicyclic) bond motifs is 5. The van der Waals surface area contributed by atoms with Gasteiger partial charge in [-0.25, -0.2) is 0 Å². The predicted octanol–water partition coefficient (Wildman–Crippen LogP) is 3.50. The molecule has 0 N–H and O–H groups in total. The van der Waals surface area contributed by atoms with Gasteiger partial charge in [-0.15, -0.1) is 0 Å². The Balaban J connectivity index is 1.64. The monoisotopic (exact) mass is 502 g/mol. The summed E-state index contributed by atoms with van der Waals surface area (Å²) >= 11 is 0. The number of methoxy groups -OCH3 is 3. The number of para-hydroxylation sites is 2. The summed E-state index contributed by atoms with van der Waals surface area (Å²) in [6, 6.07) is 18.0. The molecule has 0 aromatic heterocycles. The molecular formula is C28H26N2O7. The Morgan fingerprint density at radius 3 is 1.54 bits per heavy atom. The van der Waals surface area contributed by atoms with Crippen molar-refractivity contribution >= 4 is 23.2 Å². The number of hydrogen-bond acceptors (Lipinski definition) is 7. The van der Waals surface area contributed by atoms with E-state index in [0.29, 0.717) is 45.3 Å². The smallest absolute Gasteiger partial charge is 0.267 e. The summed E-state index contributed by atoms with van der Waals surface area (Å²) in [5.41, 5.74) is -0.582. The Hall–Kier alpha value is -4.08. The fourth-order valence-electron chi connectivity index (χ4n) is 5.84.